The van der Waals surface area contributed by atoms with Crippen LogP contribution in [-0.2, 0) is 0 Å². The molecule has 1 aliphatic heterocycles. The van der Waals surface area contributed by atoms with E-state index in [0.717, 1.165) is 28.4 Å². The normalized spacial score (nSPS) is 12.9. The molecule has 0 spiro atoms. The van der Waals surface area contributed by atoms with E-state index >= 15 is 0 Å². The maximum Gasteiger partial charge on any atom is 0.113 e. The van der Waals surface area contributed by atoms with Gasteiger partial charge in [0, 0.05) is 34.1 Å². The Kier molecular flexibility index (Phi) is 8.84. The minimum Gasteiger partial charge on any atom is -0.310 e. The van der Waals surface area contributed by atoms with Gasteiger partial charge in [-0.3, -0.25) is 0 Å². The summed E-state index contributed by atoms with van der Waals surface area (Å²) in [6, 6.07) is 82.2. The zero-order valence-electron chi connectivity index (χ0n) is 38.2. The summed E-state index contributed by atoms with van der Waals surface area (Å²) >= 11 is 0. The number of anilines is 6. The molecule has 318 valence electrons. The third kappa shape index (κ3) is 6.30. The van der Waals surface area contributed by atoms with Gasteiger partial charge < -0.3 is 9.80 Å². The minimum absolute atomic E-state index is 1.14. The van der Waals surface area contributed by atoms with E-state index in [9.17, 15) is 0 Å². The first-order valence-corrected chi connectivity index (χ1v) is 26.5. The average Bonchev–Trinajstić information content (AvgIpc) is 3.37. The van der Waals surface area contributed by atoms with Crippen LogP contribution in [0.5, 0.6) is 0 Å². The number of hydrogen-bond acceptors (Lipinski definition) is 2. The standard InChI is InChI=1S/C64H48N2Si/c1-41-16-27-48(28-17-41)65(50-31-24-45-22-20-43-10-5-7-12-54(43)58(45)37-50)52-33-26-47-36-61-56-35-34-53(40-63(56)67(3,4)62-15-9-14-57(64(61)62)60(47)39-52)66(49-29-18-42(2)19-30-49)51-32-25-46-23-21-44-11-6-8-13-55(44)59(46)38-51/h5-40H,1-4H3. The van der Waals surface area contributed by atoms with Crippen LogP contribution in [0.2, 0.25) is 13.1 Å². The SMILES string of the molecule is Cc1ccc(N(c2ccc3c(c2)[Si](C)(C)c2cccc4c2c-3cc2ccc(N(c3ccc(C)cc3)c3ccc5ccc6ccccc6c5c3)cc24)c2ccc3ccc4ccccc4c3c2)cc1. The second kappa shape index (κ2) is 15.0. The van der Waals surface area contributed by atoms with Crippen LogP contribution in [0.1, 0.15) is 11.1 Å². The summed E-state index contributed by atoms with van der Waals surface area (Å²) in [6.45, 7) is 9.43. The maximum absolute atomic E-state index is 2.55. The number of rotatable bonds is 6. The summed E-state index contributed by atoms with van der Waals surface area (Å²) in [5, 5.41) is 18.3. The minimum atomic E-state index is -2.25. The van der Waals surface area contributed by atoms with Crippen molar-refractivity contribution in [2.75, 3.05) is 9.80 Å². The van der Waals surface area contributed by atoms with Crippen LogP contribution >= 0.6 is 0 Å². The number of aryl methyl sites for hydroxylation is 2. The highest BCUT2D eigenvalue weighted by Gasteiger charge is 2.36. The lowest BCUT2D eigenvalue weighted by Gasteiger charge is -2.36. The first kappa shape index (κ1) is 39.4. The van der Waals surface area contributed by atoms with Crippen LogP contribution in [-0.4, -0.2) is 8.07 Å². The van der Waals surface area contributed by atoms with Gasteiger partial charge in [-0.2, -0.15) is 0 Å². The van der Waals surface area contributed by atoms with Gasteiger partial charge in [-0.15, -0.1) is 0 Å². The van der Waals surface area contributed by atoms with E-state index in [0.29, 0.717) is 0 Å². The van der Waals surface area contributed by atoms with Crippen molar-refractivity contribution in [3.05, 3.63) is 230 Å². The molecule has 0 atom stereocenters. The van der Waals surface area contributed by atoms with Gasteiger partial charge in [-0.1, -0.05) is 164 Å². The van der Waals surface area contributed by atoms with Gasteiger partial charge in [0.1, 0.15) is 8.07 Å². The predicted octanol–water partition coefficient (Wildman–Crippen LogP) is 17.0. The van der Waals surface area contributed by atoms with Gasteiger partial charge >= 0.3 is 0 Å². The van der Waals surface area contributed by atoms with Gasteiger partial charge in [-0.25, -0.2) is 0 Å². The van der Waals surface area contributed by atoms with E-state index in [-0.39, 0.29) is 0 Å². The van der Waals surface area contributed by atoms with E-state index in [2.05, 4.69) is 255 Å². The molecule has 0 amide bonds. The molecule has 1 heterocycles. The van der Waals surface area contributed by atoms with E-state index in [4.69, 9.17) is 0 Å². The van der Waals surface area contributed by atoms with Gasteiger partial charge in [0.2, 0.25) is 0 Å². The summed E-state index contributed by atoms with van der Waals surface area (Å²) < 4.78 is 0. The van der Waals surface area contributed by atoms with Crippen LogP contribution in [0.15, 0.2) is 218 Å². The molecule has 0 saturated carbocycles. The average molecular weight is 873 g/mol. The Bertz CT molecular complexity index is 3980. The lowest BCUT2D eigenvalue weighted by molar-refractivity contribution is 1.28. The van der Waals surface area contributed by atoms with Gasteiger partial charge in [0.15, 0.2) is 0 Å². The highest BCUT2D eigenvalue weighted by molar-refractivity contribution is 7.03. The topological polar surface area (TPSA) is 6.48 Å². The maximum atomic E-state index is 2.55. The Morgan fingerprint density at radius 2 is 0.687 bits per heavy atom. The van der Waals surface area contributed by atoms with Crippen molar-refractivity contribution in [3.63, 3.8) is 0 Å². The molecule has 0 radical (unpaired) electrons. The Hall–Kier alpha value is -7.98. The molecule has 0 unspecified atom stereocenters. The first-order valence-electron chi connectivity index (χ1n) is 23.5. The van der Waals surface area contributed by atoms with Crippen LogP contribution < -0.4 is 20.2 Å². The van der Waals surface area contributed by atoms with E-state index < -0.39 is 8.07 Å². The van der Waals surface area contributed by atoms with Crippen LogP contribution in [0.4, 0.5) is 34.1 Å². The van der Waals surface area contributed by atoms with Crippen LogP contribution in [0, 0.1) is 13.8 Å². The smallest absolute Gasteiger partial charge is 0.113 e. The van der Waals surface area contributed by atoms with Crippen molar-refractivity contribution in [1.82, 2.24) is 0 Å². The summed E-state index contributed by atoms with van der Waals surface area (Å²) in [7, 11) is -2.25. The molecule has 0 bridgehead atoms. The second-order valence-corrected chi connectivity index (χ2v) is 23.5. The third-order valence-electron chi connectivity index (χ3n) is 14.7. The Labute approximate surface area is 392 Å². The monoisotopic (exact) mass is 872 g/mol. The van der Waals surface area contributed by atoms with Crippen molar-refractivity contribution in [1.29, 1.82) is 0 Å². The quantitative estimate of drug-likeness (QED) is 0.121. The highest BCUT2D eigenvalue weighted by atomic mass is 28.3. The molecule has 1 aliphatic rings. The third-order valence-corrected chi connectivity index (χ3v) is 18.2. The molecule has 0 aliphatic carbocycles. The molecule has 13 rings (SSSR count). The van der Waals surface area contributed by atoms with Crippen molar-refractivity contribution in [2.45, 2.75) is 26.9 Å². The zero-order valence-corrected chi connectivity index (χ0v) is 39.2. The molecule has 67 heavy (non-hydrogen) atoms. The molecule has 12 aromatic carbocycles. The Morgan fingerprint density at radius 1 is 0.284 bits per heavy atom. The second-order valence-electron chi connectivity index (χ2n) is 19.1. The Morgan fingerprint density at radius 3 is 1.22 bits per heavy atom. The van der Waals surface area contributed by atoms with E-state index in [1.54, 1.807) is 0 Å². The summed E-state index contributed by atoms with van der Waals surface area (Å²) in [5.74, 6) is 0. The first-order chi connectivity index (χ1) is 32.8. The number of nitrogens with zero attached hydrogens (tertiary/aromatic N) is 2. The fourth-order valence-electron chi connectivity index (χ4n) is 11.2. The number of benzene rings is 12. The van der Waals surface area contributed by atoms with Gasteiger partial charge in [0.25, 0.3) is 0 Å². The lowest BCUT2D eigenvalue weighted by Crippen LogP contribution is -2.56. The van der Waals surface area contributed by atoms with Crippen molar-refractivity contribution in [2.24, 2.45) is 0 Å². The van der Waals surface area contributed by atoms with Crippen molar-refractivity contribution in [3.8, 4) is 11.1 Å². The molecule has 12 aromatic rings. The highest BCUT2D eigenvalue weighted by Crippen LogP contribution is 2.45. The molecule has 0 fully saturated rings. The predicted molar refractivity (Wildman–Crippen MR) is 293 cm³/mol. The van der Waals surface area contributed by atoms with Crippen molar-refractivity contribution >= 4 is 117 Å². The van der Waals surface area contributed by atoms with E-state index in [1.807, 2.05) is 0 Å². The van der Waals surface area contributed by atoms with Crippen LogP contribution in [0.3, 0.4) is 0 Å². The molecule has 2 nitrogen and oxygen atoms in total. The fourth-order valence-corrected chi connectivity index (χ4v) is 14.3. The van der Waals surface area contributed by atoms with E-state index in [1.165, 1.54) is 103 Å². The Balaban J connectivity index is 0.977. The molecular weight excluding hydrogens is 825 g/mol. The van der Waals surface area contributed by atoms with Gasteiger partial charge in [0.05, 0.1) is 0 Å². The fraction of sp³-hybridized carbons (Fsp3) is 0.0625. The summed E-state index contributed by atoms with van der Waals surface area (Å²) in [6.07, 6.45) is 0. The van der Waals surface area contributed by atoms with Gasteiger partial charge in [-0.05, 0) is 179 Å². The van der Waals surface area contributed by atoms with Crippen LogP contribution in [0.25, 0.3) is 75.8 Å². The van der Waals surface area contributed by atoms with Crippen molar-refractivity contribution < 1.29 is 0 Å². The molecule has 0 N–H and O–H groups in total. The molecule has 0 saturated heterocycles. The molecule has 3 heteroatoms. The number of fused-ring (bicyclic) bond motifs is 10. The molecule has 0 aromatic heterocycles. The molecular formula is C64H48N2Si. The summed E-state index contributed by atoms with van der Waals surface area (Å²) in [5.41, 5.74) is 12.1. The zero-order chi connectivity index (χ0) is 45.0. The number of hydrogen-bond donors (Lipinski definition) is 0. The lowest BCUT2D eigenvalue weighted by atomic mass is 9.92. The largest absolute Gasteiger partial charge is 0.310 e. The summed E-state index contributed by atoms with van der Waals surface area (Å²) in [4.78, 5) is 4.89.